The third kappa shape index (κ3) is 6.78. The number of rotatable bonds is 9. The van der Waals surface area contributed by atoms with Gasteiger partial charge in [0.2, 0.25) is 0 Å². The van der Waals surface area contributed by atoms with Crippen LogP contribution in [-0.4, -0.2) is 11.6 Å². The fourth-order valence-corrected chi connectivity index (χ4v) is 5.87. The van der Waals surface area contributed by atoms with E-state index in [1.54, 1.807) is 0 Å². The second-order valence-electron chi connectivity index (χ2n) is 11.7. The van der Waals surface area contributed by atoms with Crippen LogP contribution in [0.2, 0.25) is 0 Å². The van der Waals surface area contributed by atoms with Crippen LogP contribution in [-0.2, 0) is 6.42 Å². The van der Waals surface area contributed by atoms with Gasteiger partial charge >= 0.3 is 0 Å². The van der Waals surface area contributed by atoms with E-state index in [0.29, 0.717) is 17.5 Å². The molecule has 0 bridgehead atoms. The van der Waals surface area contributed by atoms with Crippen molar-refractivity contribution in [1.29, 1.82) is 0 Å². The average molecular weight is 605 g/mol. The summed E-state index contributed by atoms with van der Waals surface area (Å²) in [6.07, 6.45) is 0.410. The van der Waals surface area contributed by atoms with Gasteiger partial charge < -0.3 is 0 Å². The minimum absolute atomic E-state index is 0.0330. The number of benzene rings is 7. The maximum absolute atomic E-state index is 12.7. The van der Waals surface area contributed by atoms with Crippen molar-refractivity contribution in [2.45, 2.75) is 6.42 Å². The topological polar surface area (TPSA) is 34.1 Å². The van der Waals surface area contributed by atoms with E-state index < -0.39 is 0 Å². The maximum Gasteiger partial charge on any atom is 0.193 e. The molecule has 0 fully saturated rings. The Bertz CT molecular complexity index is 2110. The molecule has 7 rings (SSSR count). The fraction of sp³-hybridized carbons (Fsp3) is 0.0222. The van der Waals surface area contributed by atoms with Gasteiger partial charge in [-0.2, -0.15) is 0 Å². The van der Waals surface area contributed by atoms with Gasteiger partial charge in [-0.15, -0.1) is 0 Å². The highest BCUT2D eigenvalue weighted by atomic mass is 16.1. The van der Waals surface area contributed by atoms with E-state index in [9.17, 15) is 9.59 Å². The third-order valence-electron chi connectivity index (χ3n) is 8.59. The van der Waals surface area contributed by atoms with Gasteiger partial charge in [-0.3, -0.25) is 9.59 Å². The molecule has 0 radical (unpaired) electrons. The zero-order valence-corrected chi connectivity index (χ0v) is 25.8. The summed E-state index contributed by atoms with van der Waals surface area (Å²) in [4.78, 5) is 25.5. The van der Waals surface area contributed by atoms with E-state index in [1.165, 1.54) is 0 Å². The van der Waals surface area contributed by atoms with Crippen LogP contribution in [0.1, 0.15) is 31.8 Å². The molecular weight excluding hydrogens is 572 g/mol. The maximum atomic E-state index is 12.7. The van der Waals surface area contributed by atoms with Crippen LogP contribution in [0.5, 0.6) is 0 Å². The quantitative estimate of drug-likeness (QED) is 0.154. The molecule has 2 heteroatoms. The number of hydrogen-bond donors (Lipinski definition) is 0. The van der Waals surface area contributed by atoms with Crippen LogP contribution in [0.15, 0.2) is 182 Å². The van der Waals surface area contributed by atoms with Crippen molar-refractivity contribution in [1.82, 2.24) is 0 Å². The van der Waals surface area contributed by atoms with Crippen molar-refractivity contribution in [2.75, 3.05) is 0 Å². The lowest BCUT2D eigenvalue weighted by molar-refractivity contribution is 0.0991. The Kier molecular flexibility index (Phi) is 8.48. The molecule has 0 heterocycles. The van der Waals surface area contributed by atoms with Crippen molar-refractivity contribution in [3.8, 4) is 44.5 Å². The molecule has 0 N–H and O–H groups in total. The zero-order chi connectivity index (χ0) is 32.0. The number of Topliss-reactive ketones (excluding diaryl/α,β-unsaturated/α-hetero) is 1. The number of hydrogen-bond acceptors (Lipinski definition) is 2. The number of ketones is 2. The molecule has 0 aromatic heterocycles. The predicted octanol–water partition coefficient (Wildman–Crippen LogP) is 11.0. The van der Waals surface area contributed by atoms with E-state index in [2.05, 4.69) is 72.8 Å². The Morgan fingerprint density at radius 1 is 0.298 bits per heavy atom. The summed E-state index contributed by atoms with van der Waals surface area (Å²) >= 11 is 0. The van der Waals surface area contributed by atoms with Gasteiger partial charge in [0.1, 0.15) is 0 Å². The number of carbonyl (C=O) groups excluding carboxylic acids is 2. The summed E-state index contributed by atoms with van der Waals surface area (Å²) in [5.41, 5.74) is 12.1. The summed E-state index contributed by atoms with van der Waals surface area (Å²) < 4.78 is 0. The van der Waals surface area contributed by atoms with Crippen molar-refractivity contribution in [3.05, 3.63) is 204 Å². The standard InChI is InChI=1S/C45H32O2/c46-44(31-32-7-3-1-4-8-32)41-27-23-39(24-28-41)37-19-15-35(16-20-37)33-11-13-34(14-12-33)36-17-21-38(22-18-36)40-25-29-43(30-26-40)45(47)42-9-5-2-6-10-42/h1-30H,31H2. The van der Waals surface area contributed by atoms with Crippen LogP contribution in [0.25, 0.3) is 44.5 Å². The summed E-state index contributed by atoms with van der Waals surface area (Å²) in [7, 11) is 0. The Balaban J connectivity index is 0.990. The normalized spacial score (nSPS) is 10.8. The van der Waals surface area contributed by atoms with Crippen LogP contribution in [0, 0.1) is 0 Å². The Labute approximate surface area is 275 Å². The second-order valence-corrected chi connectivity index (χ2v) is 11.7. The summed E-state index contributed by atoms with van der Waals surface area (Å²) in [6, 6.07) is 60.7. The van der Waals surface area contributed by atoms with Gasteiger partial charge in [0.05, 0.1) is 0 Å². The Hall–Kier alpha value is -6.12. The molecule has 7 aromatic rings. The first kappa shape index (κ1) is 29.6. The first-order valence-electron chi connectivity index (χ1n) is 15.8. The zero-order valence-electron chi connectivity index (χ0n) is 25.8. The minimum Gasteiger partial charge on any atom is -0.294 e. The van der Waals surface area contributed by atoms with Crippen LogP contribution in [0.4, 0.5) is 0 Å². The van der Waals surface area contributed by atoms with Gasteiger partial charge in [0, 0.05) is 23.1 Å². The molecule has 0 atom stereocenters. The monoisotopic (exact) mass is 604 g/mol. The van der Waals surface area contributed by atoms with E-state index in [1.807, 2.05) is 109 Å². The summed E-state index contributed by atoms with van der Waals surface area (Å²) in [5.74, 6) is 0.159. The molecule has 7 aromatic carbocycles. The molecule has 0 aliphatic carbocycles. The lowest BCUT2D eigenvalue weighted by Crippen LogP contribution is -2.03. The smallest absolute Gasteiger partial charge is 0.193 e. The van der Waals surface area contributed by atoms with Gasteiger partial charge in [0.25, 0.3) is 0 Å². The van der Waals surface area contributed by atoms with Crippen LogP contribution < -0.4 is 0 Å². The van der Waals surface area contributed by atoms with Crippen molar-refractivity contribution in [2.24, 2.45) is 0 Å². The molecule has 0 saturated carbocycles. The molecule has 0 spiro atoms. The van der Waals surface area contributed by atoms with Crippen LogP contribution >= 0.6 is 0 Å². The lowest BCUT2D eigenvalue weighted by Gasteiger charge is -2.09. The molecule has 0 aliphatic rings. The predicted molar refractivity (Wildman–Crippen MR) is 193 cm³/mol. The molecule has 0 saturated heterocycles. The van der Waals surface area contributed by atoms with Gasteiger partial charge in [-0.05, 0) is 50.1 Å². The highest BCUT2D eigenvalue weighted by Crippen LogP contribution is 2.29. The van der Waals surface area contributed by atoms with E-state index in [-0.39, 0.29) is 11.6 Å². The molecule has 0 unspecified atom stereocenters. The van der Waals surface area contributed by atoms with Gasteiger partial charge in [-0.25, -0.2) is 0 Å². The summed E-state index contributed by atoms with van der Waals surface area (Å²) in [6.45, 7) is 0. The van der Waals surface area contributed by atoms with Gasteiger partial charge in [0.15, 0.2) is 11.6 Å². The van der Waals surface area contributed by atoms with Gasteiger partial charge in [-0.1, -0.05) is 182 Å². The molecular formula is C45H32O2. The highest BCUT2D eigenvalue weighted by Gasteiger charge is 2.10. The molecule has 224 valence electrons. The first-order chi connectivity index (χ1) is 23.1. The molecule has 2 nitrogen and oxygen atoms in total. The Morgan fingerprint density at radius 3 is 0.936 bits per heavy atom. The number of carbonyl (C=O) groups is 2. The molecule has 47 heavy (non-hydrogen) atoms. The fourth-order valence-electron chi connectivity index (χ4n) is 5.87. The molecule has 0 amide bonds. The Morgan fingerprint density at radius 2 is 0.574 bits per heavy atom. The summed E-state index contributed by atoms with van der Waals surface area (Å²) in [5, 5.41) is 0. The first-order valence-corrected chi connectivity index (χ1v) is 15.8. The second kappa shape index (κ2) is 13.5. The largest absolute Gasteiger partial charge is 0.294 e. The van der Waals surface area contributed by atoms with E-state index in [0.717, 1.165) is 55.6 Å². The van der Waals surface area contributed by atoms with E-state index in [4.69, 9.17) is 0 Å². The van der Waals surface area contributed by atoms with Crippen LogP contribution in [0.3, 0.4) is 0 Å². The average Bonchev–Trinajstić information content (AvgIpc) is 3.16. The van der Waals surface area contributed by atoms with Crippen molar-refractivity contribution >= 4 is 11.6 Å². The highest BCUT2D eigenvalue weighted by molar-refractivity contribution is 6.09. The SMILES string of the molecule is O=C(Cc1ccccc1)c1ccc(-c2ccc(-c3ccc(-c4ccc(-c5ccc(C(=O)c6ccccc6)cc5)cc4)cc3)cc2)cc1. The van der Waals surface area contributed by atoms with Crippen molar-refractivity contribution < 1.29 is 9.59 Å². The third-order valence-corrected chi connectivity index (χ3v) is 8.59. The minimum atomic E-state index is 0.0330. The van der Waals surface area contributed by atoms with E-state index >= 15 is 0 Å². The lowest BCUT2D eigenvalue weighted by atomic mass is 9.96. The molecule has 0 aliphatic heterocycles. The van der Waals surface area contributed by atoms with Crippen molar-refractivity contribution in [3.63, 3.8) is 0 Å².